The van der Waals surface area contributed by atoms with Gasteiger partial charge < -0.3 is 10.1 Å². The molecule has 88 valence electrons. The first-order chi connectivity index (χ1) is 7.54. The second-order valence-electron chi connectivity index (χ2n) is 3.61. The molecule has 1 heterocycles. The van der Waals surface area contributed by atoms with Crippen LogP contribution in [0.3, 0.4) is 0 Å². The minimum Gasteiger partial charge on any atom is -0.466 e. The fourth-order valence-electron chi connectivity index (χ4n) is 1.50. The summed E-state index contributed by atoms with van der Waals surface area (Å²) in [6, 6.07) is 2.37. The molecule has 0 aliphatic heterocycles. The molecule has 1 aromatic heterocycles. The van der Waals surface area contributed by atoms with E-state index in [0.717, 1.165) is 0 Å². The van der Waals surface area contributed by atoms with Crippen molar-refractivity contribution in [2.75, 3.05) is 7.11 Å². The third kappa shape index (κ3) is 3.38. The highest BCUT2D eigenvalue weighted by Gasteiger charge is 2.09. The maximum Gasteiger partial charge on any atom is 0.331 e. The summed E-state index contributed by atoms with van der Waals surface area (Å²) in [5.41, 5.74) is 1.28. The van der Waals surface area contributed by atoms with Crippen LogP contribution in [0.1, 0.15) is 28.3 Å². The number of methoxy groups -OCH3 is 1. The lowest BCUT2D eigenvalue weighted by Crippen LogP contribution is -2.12. The van der Waals surface area contributed by atoms with Crippen molar-refractivity contribution in [1.29, 1.82) is 0 Å². The molecule has 1 aromatic rings. The Morgan fingerprint density at radius 1 is 1.56 bits per heavy atom. The summed E-state index contributed by atoms with van der Waals surface area (Å²) in [5.74, 6) is -0.349. The predicted octanol–water partition coefficient (Wildman–Crippen LogP) is 2.70. The van der Waals surface area contributed by atoms with Crippen LogP contribution in [0.15, 0.2) is 18.3 Å². The van der Waals surface area contributed by atoms with Crippen LogP contribution in [-0.2, 0) is 9.53 Å². The highest BCUT2D eigenvalue weighted by molar-refractivity contribution is 7.12. The van der Waals surface area contributed by atoms with Gasteiger partial charge in [0, 0.05) is 28.1 Å². The molecule has 3 nitrogen and oxygen atoms in total. The van der Waals surface area contributed by atoms with E-state index < -0.39 is 0 Å². The van der Waals surface area contributed by atoms with E-state index in [9.17, 15) is 4.79 Å². The Morgan fingerprint density at radius 3 is 2.75 bits per heavy atom. The second kappa shape index (κ2) is 5.70. The minimum absolute atomic E-state index is 0.200. The molecule has 1 unspecified atom stereocenters. The van der Waals surface area contributed by atoms with E-state index in [1.807, 2.05) is 0 Å². The van der Waals surface area contributed by atoms with Crippen LogP contribution >= 0.6 is 11.3 Å². The molecule has 0 fully saturated rings. The lowest BCUT2D eigenvalue weighted by Gasteiger charge is -2.11. The van der Waals surface area contributed by atoms with Crippen molar-refractivity contribution in [2.45, 2.75) is 26.8 Å². The molecule has 0 spiro atoms. The monoisotopic (exact) mass is 239 g/mol. The summed E-state index contributed by atoms with van der Waals surface area (Å²) < 4.78 is 4.50. The third-order valence-electron chi connectivity index (χ3n) is 2.31. The van der Waals surface area contributed by atoms with Crippen molar-refractivity contribution in [3.63, 3.8) is 0 Å². The van der Waals surface area contributed by atoms with Gasteiger partial charge in [-0.25, -0.2) is 4.79 Å². The van der Waals surface area contributed by atoms with Crippen molar-refractivity contribution in [3.05, 3.63) is 33.7 Å². The van der Waals surface area contributed by atoms with Crippen LogP contribution in [0.25, 0.3) is 0 Å². The largest absolute Gasteiger partial charge is 0.466 e. The zero-order valence-corrected chi connectivity index (χ0v) is 10.9. The Bertz CT molecular complexity index is 396. The van der Waals surface area contributed by atoms with Crippen molar-refractivity contribution in [2.24, 2.45) is 0 Å². The highest BCUT2D eigenvalue weighted by atomic mass is 32.1. The molecule has 0 bridgehead atoms. The number of hydrogen-bond acceptors (Lipinski definition) is 4. The minimum atomic E-state index is -0.349. The van der Waals surface area contributed by atoms with Gasteiger partial charge in [-0.3, -0.25) is 0 Å². The SMILES string of the molecule is COC(=O)/C=C/NC(C)c1cc(C)sc1C. The average Bonchev–Trinajstić information content (AvgIpc) is 2.57. The van der Waals surface area contributed by atoms with Crippen molar-refractivity contribution < 1.29 is 9.53 Å². The van der Waals surface area contributed by atoms with Gasteiger partial charge in [-0.2, -0.15) is 0 Å². The lowest BCUT2D eigenvalue weighted by molar-refractivity contribution is -0.134. The summed E-state index contributed by atoms with van der Waals surface area (Å²) in [4.78, 5) is 13.5. The molecular weight excluding hydrogens is 222 g/mol. The maximum absolute atomic E-state index is 10.9. The van der Waals surface area contributed by atoms with Crippen molar-refractivity contribution >= 4 is 17.3 Å². The van der Waals surface area contributed by atoms with Gasteiger partial charge in [-0.1, -0.05) is 0 Å². The molecule has 0 saturated heterocycles. The van der Waals surface area contributed by atoms with E-state index in [4.69, 9.17) is 0 Å². The molecule has 0 radical (unpaired) electrons. The molecule has 0 aromatic carbocycles. The molecule has 1 atom stereocenters. The summed E-state index contributed by atoms with van der Waals surface area (Å²) >= 11 is 1.79. The number of esters is 1. The first-order valence-corrected chi connectivity index (χ1v) is 5.93. The Labute approximate surface area is 100 Å². The number of carbonyl (C=O) groups is 1. The molecule has 0 aliphatic rings. The molecule has 16 heavy (non-hydrogen) atoms. The molecule has 0 saturated carbocycles. The fraction of sp³-hybridized carbons (Fsp3) is 0.417. The van der Waals surface area contributed by atoms with Gasteiger partial charge in [0.1, 0.15) is 0 Å². The van der Waals surface area contributed by atoms with E-state index in [1.54, 1.807) is 17.5 Å². The van der Waals surface area contributed by atoms with Crippen molar-refractivity contribution in [3.8, 4) is 0 Å². The van der Waals surface area contributed by atoms with Gasteiger partial charge in [0.2, 0.25) is 0 Å². The van der Waals surface area contributed by atoms with E-state index in [2.05, 4.69) is 36.9 Å². The average molecular weight is 239 g/mol. The molecule has 1 rings (SSSR count). The predicted molar refractivity (Wildman–Crippen MR) is 66.5 cm³/mol. The number of aryl methyl sites for hydroxylation is 2. The van der Waals surface area contributed by atoms with E-state index in [-0.39, 0.29) is 12.0 Å². The Kier molecular flexibility index (Phi) is 4.55. The number of thiophene rings is 1. The topological polar surface area (TPSA) is 38.3 Å². The quantitative estimate of drug-likeness (QED) is 0.648. The first kappa shape index (κ1) is 12.8. The number of rotatable bonds is 4. The summed E-state index contributed by atoms with van der Waals surface area (Å²) in [5, 5.41) is 3.14. The Morgan fingerprint density at radius 2 is 2.25 bits per heavy atom. The summed E-state index contributed by atoms with van der Waals surface area (Å²) in [6.45, 7) is 6.27. The summed E-state index contributed by atoms with van der Waals surface area (Å²) in [6.07, 6.45) is 3.01. The standard InChI is InChI=1S/C12H17NO2S/c1-8-7-11(10(3)16-8)9(2)13-6-5-12(14)15-4/h5-7,9,13H,1-4H3/b6-5+. The van der Waals surface area contributed by atoms with E-state index in [0.29, 0.717) is 0 Å². The molecule has 1 N–H and O–H groups in total. The molecule has 4 heteroatoms. The number of ether oxygens (including phenoxy) is 1. The second-order valence-corrected chi connectivity index (χ2v) is 5.07. The Balaban J connectivity index is 2.59. The molecular formula is C12H17NO2S. The normalized spacial score (nSPS) is 12.8. The van der Waals surface area contributed by atoms with Gasteiger partial charge >= 0.3 is 5.97 Å². The third-order valence-corrected chi connectivity index (χ3v) is 3.29. The van der Waals surface area contributed by atoms with Crippen LogP contribution in [0, 0.1) is 13.8 Å². The molecule has 0 aliphatic carbocycles. The number of carbonyl (C=O) groups excluding carboxylic acids is 1. The van der Waals surface area contributed by atoms with Gasteiger partial charge in [0.05, 0.1) is 7.11 Å². The highest BCUT2D eigenvalue weighted by Crippen LogP contribution is 2.25. The van der Waals surface area contributed by atoms with Crippen LogP contribution in [0.4, 0.5) is 0 Å². The fourth-order valence-corrected chi connectivity index (χ4v) is 2.52. The number of hydrogen-bond donors (Lipinski definition) is 1. The molecule has 0 amide bonds. The van der Waals surface area contributed by atoms with Crippen LogP contribution in [0.2, 0.25) is 0 Å². The maximum atomic E-state index is 10.9. The smallest absolute Gasteiger partial charge is 0.331 e. The lowest BCUT2D eigenvalue weighted by atomic mass is 10.1. The number of nitrogens with one attached hydrogen (secondary N) is 1. The van der Waals surface area contributed by atoms with E-state index in [1.165, 1.54) is 28.5 Å². The van der Waals surface area contributed by atoms with Gasteiger partial charge in [-0.15, -0.1) is 11.3 Å². The van der Waals surface area contributed by atoms with Gasteiger partial charge in [0.15, 0.2) is 0 Å². The van der Waals surface area contributed by atoms with Crippen molar-refractivity contribution in [1.82, 2.24) is 5.32 Å². The summed E-state index contributed by atoms with van der Waals surface area (Å²) in [7, 11) is 1.36. The van der Waals surface area contributed by atoms with Crippen LogP contribution < -0.4 is 5.32 Å². The zero-order valence-electron chi connectivity index (χ0n) is 10.0. The first-order valence-electron chi connectivity index (χ1n) is 5.12. The van der Waals surface area contributed by atoms with E-state index >= 15 is 0 Å². The van der Waals surface area contributed by atoms with Crippen LogP contribution in [0.5, 0.6) is 0 Å². The zero-order chi connectivity index (χ0) is 12.1. The van der Waals surface area contributed by atoms with Gasteiger partial charge in [-0.05, 0) is 32.4 Å². The van der Waals surface area contributed by atoms with Gasteiger partial charge in [0.25, 0.3) is 0 Å². The Hall–Kier alpha value is -1.29. The van der Waals surface area contributed by atoms with Crippen LogP contribution in [-0.4, -0.2) is 13.1 Å².